The third kappa shape index (κ3) is 1.82. The maximum absolute atomic E-state index is 5.70. The summed E-state index contributed by atoms with van der Waals surface area (Å²) >= 11 is 5.70. The minimum atomic E-state index is -0.0338. The average Bonchev–Trinajstić information content (AvgIpc) is 1.88. The van der Waals surface area contributed by atoms with Crippen LogP contribution in [0.25, 0.3) is 0 Å². The number of nitrogens with zero attached hydrogens (tertiary/aromatic N) is 1. The first kappa shape index (κ1) is 6.80. The summed E-state index contributed by atoms with van der Waals surface area (Å²) in [6.45, 7) is 0.549. The molecule has 5 heteroatoms. The van der Waals surface area contributed by atoms with Gasteiger partial charge in [0.2, 0.25) is 0 Å². The maximum atomic E-state index is 5.70. The van der Waals surface area contributed by atoms with Crippen LogP contribution in [-0.2, 0) is 0 Å². The molecular formula is C4H9ClN4. The lowest BCUT2D eigenvalue weighted by Gasteiger charge is -2.16. The molecule has 0 aromatic rings. The zero-order valence-corrected chi connectivity index (χ0v) is 5.65. The Bertz CT molecular complexity index is 124. The molecule has 0 fully saturated rings. The van der Waals surface area contributed by atoms with Gasteiger partial charge in [-0.3, -0.25) is 10.3 Å². The van der Waals surface area contributed by atoms with Crippen LogP contribution in [-0.4, -0.2) is 18.0 Å². The number of hydrogen-bond donors (Lipinski definition) is 3. The lowest BCUT2D eigenvalue weighted by Crippen LogP contribution is -2.40. The van der Waals surface area contributed by atoms with Crippen LogP contribution in [0.5, 0.6) is 0 Å². The van der Waals surface area contributed by atoms with Crippen LogP contribution in [0.2, 0.25) is 0 Å². The second-order valence-corrected chi connectivity index (χ2v) is 2.31. The quantitative estimate of drug-likeness (QED) is 0.185. The van der Waals surface area contributed by atoms with E-state index in [0.717, 1.165) is 5.84 Å². The molecule has 9 heavy (non-hydrogen) atoms. The summed E-state index contributed by atoms with van der Waals surface area (Å²) in [4.78, 5) is 3.98. The van der Waals surface area contributed by atoms with Crippen LogP contribution in [0.1, 0.15) is 6.42 Å². The van der Waals surface area contributed by atoms with Crippen LogP contribution in [0, 0.1) is 0 Å². The Labute approximate surface area is 58.4 Å². The standard InChI is InChI=1S/C4H9ClN4/c5-3-1-4(9-6)8-2-7-3/h3,7H,1-2,6H2,(H,8,9). The van der Waals surface area contributed by atoms with Gasteiger partial charge < -0.3 is 5.43 Å². The SMILES string of the molecule is NNC1=NCNC(Cl)C1. The number of nitrogens with one attached hydrogen (secondary N) is 2. The van der Waals surface area contributed by atoms with Gasteiger partial charge >= 0.3 is 0 Å². The molecule has 0 aromatic heterocycles. The van der Waals surface area contributed by atoms with E-state index in [1.54, 1.807) is 0 Å². The van der Waals surface area contributed by atoms with Crippen molar-refractivity contribution in [3.63, 3.8) is 0 Å². The monoisotopic (exact) mass is 148 g/mol. The Kier molecular flexibility index (Phi) is 2.27. The van der Waals surface area contributed by atoms with Crippen LogP contribution in [0.15, 0.2) is 4.99 Å². The third-order valence-electron chi connectivity index (χ3n) is 1.12. The molecule has 0 saturated carbocycles. The molecule has 0 aliphatic carbocycles. The molecule has 52 valence electrons. The average molecular weight is 149 g/mol. The van der Waals surface area contributed by atoms with Crippen molar-refractivity contribution in [1.82, 2.24) is 10.7 Å². The van der Waals surface area contributed by atoms with Gasteiger partial charge in [-0.25, -0.2) is 5.84 Å². The summed E-state index contributed by atoms with van der Waals surface area (Å²) in [5.74, 6) is 5.86. The molecule has 0 bridgehead atoms. The predicted octanol–water partition coefficient (Wildman–Crippen LogP) is -0.636. The van der Waals surface area contributed by atoms with Crippen LogP contribution < -0.4 is 16.6 Å². The van der Waals surface area contributed by atoms with Gasteiger partial charge in [-0.2, -0.15) is 0 Å². The highest BCUT2D eigenvalue weighted by atomic mass is 35.5. The first-order valence-corrected chi connectivity index (χ1v) is 3.14. The van der Waals surface area contributed by atoms with Crippen molar-refractivity contribution >= 4 is 17.4 Å². The van der Waals surface area contributed by atoms with E-state index in [2.05, 4.69) is 15.7 Å². The van der Waals surface area contributed by atoms with Gasteiger partial charge in [0.15, 0.2) is 0 Å². The van der Waals surface area contributed by atoms with Crippen molar-refractivity contribution in [3.8, 4) is 0 Å². The van der Waals surface area contributed by atoms with E-state index in [-0.39, 0.29) is 5.50 Å². The van der Waals surface area contributed by atoms with Crippen LogP contribution in [0.3, 0.4) is 0 Å². The van der Waals surface area contributed by atoms with Gasteiger partial charge in [0.1, 0.15) is 5.84 Å². The number of nitrogens with two attached hydrogens (primary N) is 1. The number of rotatable bonds is 0. The van der Waals surface area contributed by atoms with E-state index in [1.807, 2.05) is 0 Å². The number of halogens is 1. The molecule has 1 heterocycles. The van der Waals surface area contributed by atoms with E-state index >= 15 is 0 Å². The first-order valence-electron chi connectivity index (χ1n) is 2.70. The number of amidine groups is 1. The van der Waals surface area contributed by atoms with Gasteiger partial charge in [0.25, 0.3) is 0 Å². The number of alkyl halides is 1. The molecule has 4 N–H and O–H groups in total. The Hall–Kier alpha value is -0.320. The highest BCUT2D eigenvalue weighted by Gasteiger charge is 2.10. The Balaban J connectivity index is 2.43. The summed E-state index contributed by atoms with van der Waals surface area (Å²) < 4.78 is 0. The summed E-state index contributed by atoms with van der Waals surface area (Å²) in [6.07, 6.45) is 0.665. The lowest BCUT2D eigenvalue weighted by atomic mass is 10.3. The highest BCUT2D eigenvalue weighted by Crippen LogP contribution is 2.01. The van der Waals surface area contributed by atoms with Crippen molar-refractivity contribution in [1.29, 1.82) is 0 Å². The van der Waals surface area contributed by atoms with Crippen molar-refractivity contribution in [2.45, 2.75) is 11.9 Å². The fraction of sp³-hybridized carbons (Fsp3) is 0.750. The maximum Gasteiger partial charge on any atom is 0.115 e. The molecule has 1 rings (SSSR count). The summed E-state index contributed by atoms with van der Waals surface area (Å²) in [6, 6.07) is 0. The lowest BCUT2D eigenvalue weighted by molar-refractivity contribution is 0.628. The van der Waals surface area contributed by atoms with Crippen LogP contribution in [0.4, 0.5) is 0 Å². The van der Waals surface area contributed by atoms with E-state index in [4.69, 9.17) is 17.4 Å². The summed E-state index contributed by atoms with van der Waals surface area (Å²) in [7, 11) is 0. The van der Waals surface area contributed by atoms with E-state index in [9.17, 15) is 0 Å². The summed E-state index contributed by atoms with van der Waals surface area (Å²) in [5.41, 5.74) is 2.43. The van der Waals surface area contributed by atoms with Gasteiger partial charge in [-0.1, -0.05) is 0 Å². The van der Waals surface area contributed by atoms with Crippen molar-refractivity contribution in [2.75, 3.05) is 6.67 Å². The largest absolute Gasteiger partial charge is 0.312 e. The third-order valence-corrected chi connectivity index (χ3v) is 1.43. The van der Waals surface area contributed by atoms with Crippen molar-refractivity contribution in [3.05, 3.63) is 0 Å². The molecule has 1 atom stereocenters. The minimum absolute atomic E-state index is 0.0338. The fourth-order valence-electron chi connectivity index (χ4n) is 0.651. The molecule has 1 unspecified atom stereocenters. The predicted molar refractivity (Wildman–Crippen MR) is 37.0 cm³/mol. The fourth-order valence-corrected chi connectivity index (χ4v) is 0.866. The number of hydrogen-bond acceptors (Lipinski definition) is 4. The summed E-state index contributed by atoms with van der Waals surface area (Å²) in [5, 5.41) is 2.93. The normalized spacial score (nSPS) is 27.3. The Morgan fingerprint density at radius 3 is 3.11 bits per heavy atom. The molecule has 0 amide bonds. The second kappa shape index (κ2) is 3.00. The van der Waals surface area contributed by atoms with Crippen molar-refractivity contribution in [2.24, 2.45) is 10.8 Å². The van der Waals surface area contributed by atoms with Crippen molar-refractivity contribution < 1.29 is 0 Å². The van der Waals surface area contributed by atoms with E-state index < -0.39 is 0 Å². The van der Waals surface area contributed by atoms with Gasteiger partial charge in [-0.15, -0.1) is 11.6 Å². The number of hydrazine groups is 1. The van der Waals surface area contributed by atoms with Crippen LogP contribution >= 0.6 is 11.6 Å². The topological polar surface area (TPSA) is 62.4 Å². The molecule has 4 nitrogen and oxygen atoms in total. The molecule has 1 aliphatic heterocycles. The van der Waals surface area contributed by atoms with E-state index in [1.165, 1.54) is 0 Å². The molecular weight excluding hydrogens is 140 g/mol. The molecule has 0 aromatic carbocycles. The van der Waals surface area contributed by atoms with Gasteiger partial charge in [0.05, 0.1) is 12.2 Å². The molecule has 0 radical (unpaired) electrons. The van der Waals surface area contributed by atoms with Gasteiger partial charge in [-0.05, 0) is 0 Å². The smallest absolute Gasteiger partial charge is 0.115 e. The molecule has 0 saturated heterocycles. The molecule has 1 aliphatic rings. The first-order chi connectivity index (χ1) is 4.33. The highest BCUT2D eigenvalue weighted by molar-refractivity contribution is 6.21. The van der Waals surface area contributed by atoms with Gasteiger partial charge in [0, 0.05) is 6.42 Å². The minimum Gasteiger partial charge on any atom is -0.312 e. The zero-order chi connectivity index (χ0) is 6.69. The zero-order valence-electron chi connectivity index (χ0n) is 4.89. The second-order valence-electron chi connectivity index (χ2n) is 1.78. The Morgan fingerprint density at radius 1 is 1.89 bits per heavy atom. The van der Waals surface area contributed by atoms with E-state index in [0.29, 0.717) is 13.1 Å². The Morgan fingerprint density at radius 2 is 2.67 bits per heavy atom. The number of aliphatic imine (C=N–C) groups is 1. The molecule has 0 spiro atoms.